The molecule has 2 rings (SSSR count). The Kier molecular flexibility index (Phi) is 5.91. The maximum Gasteiger partial charge on any atom is 0.254 e. The molecule has 1 fully saturated rings. The molecule has 1 amide bonds. The lowest BCUT2D eigenvalue weighted by atomic mass is 9.80. The van der Waals surface area contributed by atoms with Crippen LogP contribution in [0.15, 0.2) is 18.2 Å². The molecule has 1 saturated carbocycles. The molecule has 1 aromatic rings. The van der Waals surface area contributed by atoms with Crippen molar-refractivity contribution in [1.82, 2.24) is 5.32 Å². The Balaban J connectivity index is 2.18. The maximum atomic E-state index is 14.0. The summed E-state index contributed by atoms with van der Waals surface area (Å²) in [7, 11) is 0. The highest BCUT2D eigenvalue weighted by molar-refractivity contribution is 5.98. The second-order valence-electron chi connectivity index (χ2n) is 6.89. The van der Waals surface area contributed by atoms with Gasteiger partial charge in [0.25, 0.3) is 5.91 Å². The molecule has 0 heterocycles. The number of ketones is 1. The van der Waals surface area contributed by atoms with Gasteiger partial charge in [0.15, 0.2) is 5.78 Å². The molecule has 0 aromatic heterocycles. The minimum atomic E-state index is -0.540. The average molecular weight is 319 g/mol. The first-order valence-electron chi connectivity index (χ1n) is 8.51. The normalized spacial score (nSPS) is 17.1. The summed E-state index contributed by atoms with van der Waals surface area (Å²) in [6.45, 7) is 5.46. The average Bonchev–Trinajstić information content (AvgIpc) is 2.52. The SMILES string of the molecule is Cc1ccc(C(=O)N[C@@H](C(=O)C(C)C)C2CCCCC2)c(F)c1. The van der Waals surface area contributed by atoms with E-state index in [1.54, 1.807) is 13.0 Å². The number of carbonyl (C=O) groups is 2. The minimum Gasteiger partial charge on any atom is -0.342 e. The van der Waals surface area contributed by atoms with Crippen molar-refractivity contribution < 1.29 is 14.0 Å². The van der Waals surface area contributed by atoms with Gasteiger partial charge < -0.3 is 5.32 Å². The predicted molar refractivity (Wildman–Crippen MR) is 88.8 cm³/mol. The van der Waals surface area contributed by atoms with Crippen LogP contribution in [-0.4, -0.2) is 17.7 Å². The van der Waals surface area contributed by atoms with E-state index in [9.17, 15) is 14.0 Å². The fourth-order valence-corrected chi connectivity index (χ4v) is 3.27. The third-order valence-electron chi connectivity index (χ3n) is 4.65. The molecular formula is C19H26FNO2. The molecule has 1 aromatic carbocycles. The molecule has 1 aliphatic rings. The van der Waals surface area contributed by atoms with Gasteiger partial charge in [-0.05, 0) is 43.4 Å². The summed E-state index contributed by atoms with van der Waals surface area (Å²) in [5.41, 5.74) is 0.772. The lowest BCUT2D eigenvalue weighted by molar-refractivity contribution is -0.125. The van der Waals surface area contributed by atoms with Crippen LogP contribution in [0.4, 0.5) is 4.39 Å². The van der Waals surface area contributed by atoms with E-state index in [1.165, 1.54) is 18.6 Å². The molecule has 0 bridgehead atoms. The summed E-state index contributed by atoms with van der Waals surface area (Å²) in [4.78, 5) is 25.0. The zero-order valence-corrected chi connectivity index (χ0v) is 14.2. The van der Waals surface area contributed by atoms with Crippen LogP contribution in [0.2, 0.25) is 0 Å². The van der Waals surface area contributed by atoms with E-state index >= 15 is 0 Å². The van der Waals surface area contributed by atoms with Crippen LogP contribution in [0.3, 0.4) is 0 Å². The molecule has 1 atom stereocenters. The zero-order chi connectivity index (χ0) is 17.0. The smallest absolute Gasteiger partial charge is 0.254 e. The predicted octanol–water partition coefficient (Wildman–Crippen LogP) is 4.04. The number of carbonyl (C=O) groups excluding carboxylic acids is 2. The molecule has 0 unspecified atom stereocenters. The number of amides is 1. The largest absolute Gasteiger partial charge is 0.342 e. The number of rotatable bonds is 5. The summed E-state index contributed by atoms with van der Waals surface area (Å²) in [5, 5.41) is 2.82. The third kappa shape index (κ3) is 4.40. The quantitative estimate of drug-likeness (QED) is 0.890. The summed E-state index contributed by atoms with van der Waals surface area (Å²) in [5.74, 6) is -0.979. The molecule has 0 saturated heterocycles. The van der Waals surface area contributed by atoms with Crippen LogP contribution >= 0.6 is 0 Å². The van der Waals surface area contributed by atoms with Gasteiger partial charge in [-0.3, -0.25) is 9.59 Å². The van der Waals surface area contributed by atoms with E-state index in [-0.39, 0.29) is 23.2 Å². The Hall–Kier alpha value is -1.71. The minimum absolute atomic E-state index is 0.00738. The number of halogens is 1. The van der Waals surface area contributed by atoms with E-state index < -0.39 is 17.8 Å². The summed E-state index contributed by atoms with van der Waals surface area (Å²) in [6.07, 6.45) is 5.24. The lowest BCUT2D eigenvalue weighted by Crippen LogP contribution is -2.48. The van der Waals surface area contributed by atoms with Crippen LogP contribution in [-0.2, 0) is 4.79 Å². The Morgan fingerprint density at radius 3 is 2.39 bits per heavy atom. The highest BCUT2D eigenvalue weighted by Crippen LogP contribution is 2.28. The molecule has 1 N–H and O–H groups in total. The highest BCUT2D eigenvalue weighted by Gasteiger charge is 2.32. The number of hydrogen-bond acceptors (Lipinski definition) is 2. The standard InChI is InChI=1S/C19H26FNO2/c1-12(2)18(22)17(14-7-5-4-6-8-14)21-19(23)15-10-9-13(3)11-16(15)20/h9-12,14,17H,4-8H2,1-3H3,(H,21,23)/t17-/m1/s1. The first-order chi connectivity index (χ1) is 10.9. The van der Waals surface area contributed by atoms with Crippen LogP contribution in [0.1, 0.15) is 61.9 Å². The number of hydrogen-bond donors (Lipinski definition) is 1. The van der Waals surface area contributed by atoms with Crippen molar-refractivity contribution in [2.45, 2.75) is 58.9 Å². The Morgan fingerprint density at radius 1 is 1.17 bits per heavy atom. The second kappa shape index (κ2) is 7.71. The van der Waals surface area contributed by atoms with Gasteiger partial charge in [0.1, 0.15) is 5.82 Å². The van der Waals surface area contributed by atoms with Crippen molar-refractivity contribution in [3.63, 3.8) is 0 Å². The maximum absolute atomic E-state index is 14.0. The van der Waals surface area contributed by atoms with Crippen molar-refractivity contribution in [1.29, 1.82) is 0 Å². The molecule has 4 heteroatoms. The van der Waals surface area contributed by atoms with Gasteiger partial charge in [0.05, 0.1) is 11.6 Å². The van der Waals surface area contributed by atoms with E-state index in [4.69, 9.17) is 0 Å². The van der Waals surface area contributed by atoms with Crippen molar-refractivity contribution in [2.75, 3.05) is 0 Å². The Bertz CT molecular complexity index is 577. The lowest BCUT2D eigenvalue weighted by Gasteiger charge is -2.31. The zero-order valence-electron chi connectivity index (χ0n) is 14.2. The highest BCUT2D eigenvalue weighted by atomic mass is 19.1. The first kappa shape index (κ1) is 17.6. The Labute approximate surface area is 137 Å². The topological polar surface area (TPSA) is 46.2 Å². The summed E-state index contributed by atoms with van der Waals surface area (Å²) in [6, 6.07) is 4.02. The first-order valence-corrected chi connectivity index (χ1v) is 8.51. The van der Waals surface area contributed by atoms with Gasteiger partial charge >= 0.3 is 0 Å². The molecule has 23 heavy (non-hydrogen) atoms. The summed E-state index contributed by atoms with van der Waals surface area (Å²) >= 11 is 0. The number of Topliss-reactive ketones (excluding diaryl/α,β-unsaturated/α-hetero) is 1. The van der Waals surface area contributed by atoms with E-state index in [1.807, 2.05) is 13.8 Å². The second-order valence-corrected chi connectivity index (χ2v) is 6.89. The van der Waals surface area contributed by atoms with Gasteiger partial charge in [0, 0.05) is 5.92 Å². The van der Waals surface area contributed by atoms with E-state index in [0.717, 1.165) is 31.2 Å². The van der Waals surface area contributed by atoms with Crippen molar-refractivity contribution in [2.24, 2.45) is 11.8 Å². The molecular weight excluding hydrogens is 293 g/mol. The van der Waals surface area contributed by atoms with Crippen molar-refractivity contribution >= 4 is 11.7 Å². The fourth-order valence-electron chi connectivity index (χ4n) is 3.27. The van der Waals surface area contributed by atoms with Gasteiger partial charge in [-0.1, -0.05) is 39.2 Å². The third-order valence-corrected chi connectivity index (χ3v) is 4.65. The molecule has 3 nitrogen and oxygen atoms in total. The van der Waals surface area contributed by atoms with Crippen molar-refractivity contribution in [3.8, 4) is 0 Å². The molecule has 126 valence electrons. The number of aryl methyl sites for hydroxylation is 1. The van der Waals surface area contributed by atoms with E-state index in [2.05, 4.69) is 5.32 Å². The molecule has 1 aliphatic carbocycles. The van der Waals surface area contributed by atoms with E-state index in [0.29, 0.717) is 0 Å². The van der Waals surface area contributed by atoms with Crippen LogP contribution in [0.25, 0.3) is 0 Å². The van der Waals surface area contributed by atoms with Crippen molar-refractivity contribution in [3.05, 3.63) is 35.1 Å². The van der Waals surface area contributed by atoms with Crippen LogP contribution < -0.4 is 5.32 Å². The van der Waals surface area contributed by atoms with Gasteiger partial charge in [-0.15, -0.1) is 0 Å². The summed E-state index contributed by atoms with van der Waals surface area (Å²) < 4.78 is 14.0. The number of benzene rings is 1. The molecule has 0 spiro atoms. The van der Waals surface area contributed by atoms with Gasteiger partial charge in [-0.2, -0.15) is 0 Å². The van der Waals surface area contributed by atoms with Gasteiger partial charge in [-0.25, -0.2) is 4.39 Å². The van der Waals surface area contributed by atoms with Gasteiger partial charge in [0.2, 0.25) is 0 Å². The molecule has 0 aliphatic heterocycles. The Morgan fingerprint density at radius 2 is 1.83 bits per heavy atom. The van der Waals surface area contributed by atoms with Crippen LogP contribution in [0, 0.1) is 24.6 Å². The monoisotopic (exact) mass is 319 g/mol. The molecule has 0 radical (unpaired) electrons. The van der Waals surface area contributed by atoms with Crippen LogP contribution in [0.5, 0.6) is 0 Å². The number of nitrogens with one attached hydrogen (secondary N) is 1. The fraction of sp³-hybridized carbons (Fsp3) is 0.579.